The van der Waals surface area contributed by atoms with Crippen molar-refractivity contribution in [1.29, 1.82) is 0 Å². The van der Waals surface area contributed by atoms with Crippen molar-refractivity contribution in [2.24, 2.45) is 11.1 Å². The molecular weight excluding hydrogens is 330 g/mol. The molecule has 136 valence electrons. The van der Waals surface area contributed by atoms with Gasteiger partial charge in [-0.1, -0.05) is 13.8 Å². The van der Waals surface area contributed by atoms with Crippen LogP contribution in [-0.4, -0.2) is 56.8 Å². The highest BCUT2D eigenvalue weighted by Gasteiger charge is 2.32. The van der Waals surface area contributed by atoms with E-state index in [0.29, 0.717) is 26.2 Å². The van der Waals surface area contributed by atoms with Crippen molar-refractivity contribution >= 4 is 15.9 Å². The van der Waals surface area contributed by atoms with Crippen molar-refractivity contribution in [2.45, 2.75) is 38.5 Å². The number of nitrogens with two attached hydrogens (primary N) is 1. The number of amides is 1. The first-order chi connectivity index (χ1) is 11.1. The summed E-state index contributed by atoms with van der Waals surface area (Å²) in [7, 11) is -1.94. The van der Waals surface area contributed by atoms with Crippen LogP contribution in [0.3, 0.4) is 0 Å². The highest BCUT2D eigenvalue weighted by molar-refractivity contribution is 7.89. The van der Waals surface area contributed by atoms with E-state index in [2.05, 4.69) is 0 Å². The molecule has 0 radical (unpaired) electrons. The molecule has 1 aliphatic rings. The molecule has 24 heavy (non-hydrogen) atoms. The predicted octanol–water partition coefficient (Wildman–Crippen LogP) is 1.43. The van der Waals surface area contributed by atoms with Gasteiger partial charge in [0, 0.05) is 32.7 Å². The molecular formula is C16H27N3O4S. The Bertz CT molecular complexity index is 703. The molecule has 1 saturated heterocycles. The Balaban J connectivity index is 2.23. The summed E-state index contributed by atoms with van der Waals surface area (Å²) in [5.41, 5.74) is 5.48. The number of carbonyl (C=O) groups is 1. The van der Waals surface area contributed by atoms with Gasteiger partial charge >= 0.3 is 0 Å². The van der Waals surface area contributed by atoms with Crippen molar-refractivity contribution in [3.63, 3.8) is 0 Å². The minimum absolute atomic E-state index is 0.0422. The fraction of sp³-hybridized carbons (Fsp3) is 0.688. The summed E-state index contributed by atoms with van der Waals surface area (Å²) in [6, 6.07) is 1.34. The van der Waals surface area contributed by atoms with Crippen LogP contribution < -0.4 is 5.73 Å². The Morgan fingerprint density at radius 1 is 1.38 bits per heavy atom. The molecule has 1 aliphatic heterocycles. The van der Waals surface area contributed by atoms with Gasteiger partial charge in [0.05, 0.1) is 0 Å². The molecule has 0 unspecified atom stereocenters. The van der Waals surface area contributed by atoms with Crippen molar-refractivity contribution in [1.82, 2.24) is 9.21 Å². The van der Waals surface area contributed by atoms with Crippen molar-refractivity contribution < 1.29 is 17.6 Å². The van der Waals surface area contributed by atoms with Crippen LogP contribution in [0, 0.1) is 12.3 Å². The van der Waals surface area contributed by atoms with Gasteiger partial charge in [0.15, 0.2) is 5.76 Å². The largest absolute Gasteiger partial charge is 0.455 e. The van der Waals surface area contributed by atoms with Crippen molar-refractivity contribution in [2.75, 3.05) is 33.2 Å². The van der Waals surface area contributed by atoms with E-state index in [-0.39, 0.29) is 27.7 Å². The Kier molecular flexibility index (Phi) is 5.41. The number of aryl methyl sites for hydroxylation is 1. The van der Waals surface area contributed by atoms with Gasteiger partial charge in [-0.15, -0.1) is 0 Å². The molecule has 1 amide bonds. The molecule has 2 heterocycles. The van der Waals surface area contributed by atoms with Gasteiger partial charge in [-0.3, -0.25) is 4.79 Å². The van der Waals surface area contributed by atoms with Gasteiger partial charge < -0.3 is 15.1 Å². The first kappa shape index (κ1) is 19.0. The molecule has 2 N–H and O–H groups in total. The van der Waals surface area contributed by atoms with Crippen molar-refractivity contribution in [3.05, 3.63) is 17.6 Å². The summed E-state index contributed by atoms with van der Waals surface area (Å²) < 4.78 is 32.2. The van der Waals surface area contributed by atoms with Crippen LogP contribution in [0.25, 0.3) is 0 Å². The van der Waals surface area contributed by atoms with E-state index >= 15 is 0 Å². The molecule has 2 rings (SSSR count). The zero-order valence-electron chi connectivity index (χ0n) is 14.8. The molecule has 0 aliphatic carbocycles. The number of furan rings is 1. The van der Waals surface area contributed by atoms with E-state index in [9.17, 15) is 13.2 Å². The molecule has 0 atom stereocenters. The van der Waals surface area contributed by atoms with Crippen LogP contribution in [0.5, 0.6) is 0 Å². The van der Waals surface area contributed by atoms with Crippen LogP contribution in [0.2, 0.25) is 0 Å². The standard InChI is InChI=1S/C16H27N3O4S/c1-12-14(24(21,22)19-7-5-6-8-19)9-13(23-12)15(20)18(4)11-16(2,3)10-17/h9H,5-8,10-11,17H2,1-4H3. The lowest BCUT2D eigenvalue weighted by molar-refractivity contribution is 0.0707. The summed E-state index contributed by atoms with van der Waals surface area (Å²) in [5.74, 6) is -0.0557. The minimum Gasteiger partial charge on any atom is -0.455 e. The van der Waals surface area contributed by atoms with Gasteiger partial charge in [-0.05, 0) is 31.7 Å². The number of nitrogens with zero attached hydrogens (tertiary/aromatic N) is 2. The second-order valence-electron chi connectivity index (χ2n) is 7.17. The molecule has 1 aromatic rings. The first-order valence-corrected chi connectivity index (χ1v) is 9.58. The Hall–Kier alpha value is -1.38. The predicted molar refractivity (Wildman–Crippen MR) is 91.2 cm³/mol. The molecule has 1 fully saturated rings. The number of hydrogen-bond donors (Lipinski definition) is 1. The second kappa shape index (κ2) is 6.85. The summed E-state index contributed by atoms with van der Waals surface area (Å²) in [5, 5.41) is 0. The van der Waals surface area contributed by atoms with E-state index < -0.39 is 10.0 Å². The van der Waals surface area contributed by atoms with Gasteiger partial charge in [-0.25, -0.2) is 8.42 Å². The normalized spacial score (nSPS) is 16.5. The molecule has 0 spiro atoms. The lowest BCUT2D eigenvalue weighted by atomic mass is 9.93. The van der Waals surface area contributed by atoms with Crippen LogP contribution in [0.1, 0.15) is 43.0 Å². The third kappa shape index (κ3) is 3.81. The maximum atomic E-state index is 12.7. The molecule has 1 aromatic heterocycles. The molecule has 8 heteroatoms. The minimum atomic E-state index is -3.60. The Morgan fingerprint density at radius 2 is 1.96 bits per heavy atom. The maximum Gasteiger partial charge on any atom is 0.289 e. The average molecular weight is 357 g/mol. The number of sulfonamides is 1. The Morgan fingerprint density at radius 3 is 2.50 bits per heavy atom. The van der Waals surface area contributed by atoms with Crippen molar-refractivity contribution in [3.8, 4) is 0 Å². The third-order valence-electron chi connectivity index (χ3n) is 4.33. The highest BCUT2D eigenvalue weighted by atomic mass is 32.2. The van der Waals surface area contributed by atoms with Crippen LogP contribution in [0.15, 0.2) is 15.4 Å². The zero-order valence-corrected chi connectivity index (χ0v) is 15.6. The monoisotopic (exact) mass is 357 g/mol. The third-order valence-corrected chi connectivity index (χ3v) is 6.34. The first-order valence-electron chi connectivity index (χ1n) is 8.14. The zero-order chi connectivity index (χ0) is 18.1. The van der Waals surface area contributed by atoms with E-state index in [1.807, 2.05) is 13.8 Å². The van der Waals surface area contributed by atoms with Crippen LogP contribution >= 0.6 is 0 Å². The van der Waals surface area contributed by atoms with Gasteiger partial charge in [-0.2, -0.15) is 4.31 Å². The lowest BCUT2D eigenvalue weighted by Crippen LogP contribution is -2.39. The summed E-state index contributed by atoms with van der Waals surface area (Å²) in [4.78, 5) is 14.1. The molecule has 0 saturated carbocycles. The number of hydrogen-bond acceptors (Lipinski definition) is 5. The fourth-order valence-electron chi connectivity index (χ4n) is 2.86. The Labute approximate surface area is 143 Å². The van der Waals surface area contributed by atoms with E-state index in [0.717, 1.165) is 12.8 Å². The smallest absolute Gasteiger partial charge is 0.289 e. The van der Waals surface area contributed by atoms with Crippen LogP contribution in [-0.2, 0) is 10.0 Å². The molecule has 7 nitrogen and oxygen atoms in total. The van der Waals surface area contributed by atoms with Gasteiger partial charge in [0.2, 0.25) is 10.0 Å². The topological polar surface area (TPSA) is 96.8 Å². The second-order valence-corrected chi connectivity index (χ2v) is 9.08. The van der Waals surface area contributed by atoms with E-state index in [1.54, 1.807) is 14.0 Å². The summed E-state index contributed by atoms with van der Waals surface area (Å²) >= 11 is 0. The van der Waals surface area contributed by atoms with E-state index in [1.165, 1.54) is 15.3 Å². The lowest BCUT2D eigenvalue weighted by Gasteiger charge is -2.28. The maximum absolute atomic E-state index is 12.7. The highest BCUT2D eigenvalue weighted by Crippen LogP contribution is 2.27. The number of rotatable bonds is 6. The van der Waals surface area contributed by atoms with Gasteiger partial charge in [0.1, 0.15) is 10.7 Å². The van der Waals surface area contributed by atoms with E-state index in [4.69, 9.17) is 10.2 Å². The molecule has 0 bridgehead atoms. The summed E-state index contributed by atoms with van der Waals surface area (Å²) in [6.07, 6.45) is 1.72. The average Bonchev–Trinajstić information content (AvgIpc) is 3.15. The molecule has 0 aromatic carbocycles. The quantitative estimate of drug-likeness (QED) is 0.831. The summed E-state index contributed by atoms with van der Waals surface area (Å²) in [6.45, 7) is 7.43. The number of carbonyl (C=O) groups excluding carboxylic acids is 1. The fourth-order valence-corrected chi connectivity index (χ4v) is 4.54. The van der Waals surface area contributed by atoms with Crippen LogP contribution in [0.4, 0.5) is 0 Å². The van der Waals surface area contributed by atoms with Gasteiger partial charge in [0.25, 0.3) is 5.91 Å². The SMILES string of the molecule is Cc1oc(C(=O)N(C)CC(C)(C)CN)cc1S(=O)(=O)N1CCCC1.